The molecular formula is C12H16N4O2. The molecule has 2 N–H and O–H groups in total. The van der Waals surface area contributed by atoms with Crippen molar-refractivity contribution in [1.29, 1.82) is 5.26 Å². The van der Waals surface area contributed by atoms with Crippen molar-refractivity contribution < 1.29 is 4.92 Å². The smallest absolute Gasteiger partial charge is 0.269 e. The van der Waals surface area contributed by atoms with Gasteiger partial charge in [0.15, 0.2) is 0 Å². The van der Waals surface area contributed by atoms with E-state index in [0.29, 0.717) is 24.2 Å². The summed E-state index contributed by atoms with van der Waals surface area (Å²) in [7, 11) is 1.86. The molecule has 0 aliphatic heterocycles. The van der Waals surface area contributed by atoms with Crippen LogP contribution in [-0.2, 0) is 6.54 Å². The normalized spacial score (nSPS) is 12.1. The van der Waals surface area contributed by atoms with Crippen LogP contribution in [0.5, 0.6) is 0 Å². The zero-order valence-electron chi connectivity index (χ0n) is 10.5. The molecule has 1 rings (SSSR count). The number of nitrogen functional groups attached to an aromatic ring is 1. The van der Waals surface area contributed by atoms with Gasteiger partial charge in [-0.15, -0.1) is 0 Å². The molecular weight excluding hydrogens is 232 g/mol. The van der Waals surface area contributed by atoms with E-state index in [2.05, 4.69) is 6.07 Å². The van der Waals surface area contributed by atoms with Crippen LogP contribution >= 0.6 is 0 Å². The Morgan fingerprint density at radius 3 is 2.83 bits per heavy atom. The quantitative estimate of drug-likeness (QED) is 0.487. The molecule has 0 amide bonds. The Bertz CT molecular complexity index is 481. The van der Waals surface area contributed by atoms with Gasteiger partial charge in [-0.3, -0.25) is 15.0 Å². The van der Waals surface area contributed by atoms with E-state index >= 15 is 0 Å². The number of nitrogens with two attached hydrogens (primary N) is 1. The Hall–Kier alpha value is -2.13. The number of hydrogen-bond donors (Lipinski definition) is 1. The largest absolute Gasteiger partial charge is 0.398 e. The summed E-state index contributed by atoms with van der Waals surface area (Å²) < 4.78 is 0. The fraction of sp³-hybridized carbons (Fsp3) is 0.417. The third-order valence-electron chi connectivity index (χ3n) is 2.90. The summed E-state index contributed by atoms with van der Waals surface area (Å²) >= 11 is 0. The molecule has 0 aromatic heterocycles. The molecule has 1 unspecified atom stereocenters. The van der Waals surface area contributed by atoms with Crippen LogP contribution in [0.25, 0.3) is 0 Å². The Morgan fingerprint density at radius 1 is 1.61 bits per heavy atom. The number of anilines is 1. The van der Waals surface area contributed by atoms with Crippen LogP contribution in [0.2, 0.25) is 0 Å². The molecule has 0 saturated carbocycles. The van der Waals surface area contributed by atoms with Gasteiger partial charge >= 0.3 is 0 Å². The molecule has 0 radical (unpaired) electrons. The van der Waals surface area contributed by atoms with E-state index in [1.807, 2.05) is 18.9 Å². The highest BCUT2D eigenvalue weighted by atomic mass is 16.6. The van der Waals surface area contributed by atoms with Crippen LogP contribution < -0.4 is 5.73 Å². The number of nitrogens with zero attached hydrogens (tertiary/aromatic N) is 3. The maximum absolute atomic E-state index is 10.7. The average molecular weight is 248 g/mol. The summed E-state index contributed by atoms with van der Waals surface area (Å²) in [5.41, 5.74) is 7.06. The number of nitriles is 1. The molecule has 6 nitrogen and oxygen atoms in total. The Morgan fingerprint density at radius 2 is 2.28 bits per heavy atom. The number of nitro groups is 1. The van der Waals surface area contributed by atoms with Gasteiger partial charge in [-0.1, -0.05) is 0 Å². The summed E-state index contributed by atoms with van der Waals surface area (Å²) in [4.78, 5) is 12.2. The Kier molecular flexibility index (Phi) is 4.63. The number of benzene rings is 1. The van der Waals surface area contributed by atoms with Gasteiger partial charge in [0, 0.05) is 30.4 Å². The van der Waals surface area contributed by atoms with Crippen LogP contribution in [0.4, 0.5) is 11.4 Å². The first-order chi connectivity index (χ1) is 8.45. The van der Waals surface area contributed by atoms with Crippen molar-refractivity contribution in [1.82, 2.24) is 4.90 Å². The third-order valence-corrected chi connectivity index (χ3v) is 2.90. The predicted molar refractivity (Wildman–Crippen MR) is 68.7 cm³/mol. The van der Waals surface area contributed by atoms with Crippen LogP contribution in [0, 0.1) is 21.4 Å². The second-order valence-corrected chi connectivity index (χ2v) is 4.27. The van der Waals surface area contributed by atoms with E-state index in [9.17, 15) is 10.1 Å². The first-order valence-corrected chi connectivity index (χ1v) is 5.55. The van der Waals surface area contributed by atoms with Crippen molar-refractivity contribution in [3.63, 3.8) is 0 Å². The highest BCUT2D eigenvalue weighted by molar-refractivity contribution is 5.52. The fourth-order valence-electron chi connectivity index (χ4n) is 1.56. The summed E-state index contributed by atoms with van der Waals surface area (Å²) in [6, 6.07) is 6.58. The van der Waals surface area contributed by atoms with Crippen molar-refractivity contribution in [2.75, 3.05) is 12.8 Å². The van der Waals surface area contributed by atoms with Crippen molar-refractivity contribution in [2.45, 2.75) is 25.9 Å². The van der Waals surface area contributed by atoms with Crippen molar-refractivity contribution in [3.8, 4) is 6.07 Å². The lowest BCUT2D eigenvalue weighted by atomic mass is 10.1. The molecule has 1 aromatic rings. The number of hydrogen-bond acceptors (Lipinski definition) is 5. The molecule has 0 saturated heterocycles. The van der Waals surface area contributed by atoms with E-state index in [-0.39, 0.29) is 11.7 Å². The number of rotatable bonds is 5. The van der Waals surface area contributed by atoms with Crippen LogP contribution in [0.15, 0.2) is 18.2 Å². The highest BCUT2D eigenvalue weighted by Gasteiger charge is 2.14. The standard InChI is InChI=1S/C12H16N4O2/c1-9(5-6-13)15(2)8-10-7-11(16(17)18)3-4-12(10)14/h3-4,7,9H,5,8,14H2,1-2H3. The van der Waals surface area contributed by atoms with E-state index < -0.39 is 4.92 Å². The van der Waals surface area contributed by atoms with E-state index in [0.717, 1.165) is 0 Å². The van der Waals surface area contributed by atoms with E-state index in [1.165, 1.54) is 18.2 Å². The van der Waals surface area contributed by atoms with Crippen molar-refractivity contribution in [2.24, 2.45) is 0 Å². The number of non-ortho nitro benzene ring substituents is 1. The van der Waals surface area contributed by atoms with E-state index in [4.69, 9.17) is 11.0 Å². The molecule has 1 atom stereocenters. The van der Waals surface area contributed by atoms with E-state index in [1.54, 1.807) is 0 Å². The number of nitro benzene ring substituents is 1. The predicted octanol–water partition coefficient (Wildman–Crippen LogP) is 1.91. The first-order valence-electron chi connectivity index (χ1n) is 5.55. The van der Waals surface area contributed by atoms with Crippen LogP contribution in [0.3, 0.4) is 0 Å². The lowest BCUT2D eigenvalue weighted by Crippen LogP contribution is -2.28. The molecule has 0 spiro atoms. The summed E-state index contributed by atoms with van der Waals surface area (Å²) in [6.07, 6.45) is 0.408. The van der Waals surface area contributed by atoms with Gasteiger partial charge in [0.2, 0.25) is 0 Å². The minimum absolute atomic E-state index is 0.0283. The van der Waals surface area contributed by atoms with Crippen LogP contribution in [-0.4, -0.2) is 22.9 Å². The molecule has 0 fully saturated rings. The van der Waals surface area contributed by atoms with Gasteiger partial charge in [-0.25, -0.2) is 0 Å². The van der Waals surface area contributed by atoms with Crippen LogP contribution in [0.1, 0.15) is 18.9 Å². The molecule has 18 heavy (non-hydrogen) atoms. The summed E-state index contributed by atoms with van der Waals surface area (Å²) in [6.45, 7) is 2.41. The van der Waals surface area contributed by atoms with Gasteiger partial charge in [-0.2, -0.15) is 5.26 Å². The third kappa shape index (κ3) is 3.43. The van der Waals surface area contributed by atoms with Gasteiger partial charge in [0.05, 0.1) is 17.4 Å². The topological polar surface area (TPSA) is 96.2 Å². The minimum atomic E-state index is -0.443. The fourth-order valence-corrected chi connectivity index (χ4v) is 1.56. The molecule has 0 aliphatic carbocycles. The van der Waals surface area contributed by atoms with Gasteiger partial charge < -0.3 is 5.73 Å². The minimum Gasteiger partial charge on any atom is -0.398 e. The summed E-state index contributed by atoms with van der Waals surface area (Å²) in [5, 5.41) is 19.3. The zero-order valence-corrected chi connectivity index (χ0v) is 10.5. The van der Waals surface area contributed by atoms with Gasteiger partial charge in [0.1, 0.15) is 0 Å². The average Bonchev–Trinajstić information content (AvgIpc) is 2.31. The highest BCUT2D eigenvalue weighted by Crippen LogP contribution is 2.21. The van der Waals surface area contributed by atoms with Crippen molar-refractivity contribution in [3.05, 3.63) is 33.9 Å². The lowest BCUT2D eigenvalue weighted by molar-refractivity contribution is -0.384. The Labute approximate surface area is 106 Å². The zero-order chi connectivity index (χ0) is 13.7. The first kappa shape index (κ1) is 13.9. The molecule has 96 valence electrons. The van der Waals surface area contributed by atoms with Gasteiger partial charge in [-0.05, 0) is 25.6 Å². The maximum atomic E-state index is 10.7. The SMILES string of the molecule is CC(CC#N)N(C)Cc1cc([N+](=O)[O-])ccc1N. The monoisotopic (exact) mass is 248 g/mol. The maximum Gasteiger partial charge on any atom is 0.269 e. The Balaban J connectivity index is 2.87. The second-order valence-electron chi connectivity index (χ2n) is 4.27. The lowest BCUT2D eigenvalue weighted by Gasteiger charge is -2.23. The molecule has 1 aromatic carbocycles. The summed E-state index contributed by atoms with van der Waals surface area (Å²) in [5.74, 6) is 0. The van der Waals surface area contributed by atoms with Gasteiger partial charge in [0.25, 0.3) is 5.69 Å². The second kappa shape index (κ2) is 5.98. The molecule has 0 aliphatic rings. The molecule has 0 bridgehead atoms. The van der Waals surface area contributed by atoms with Crippen molar-refractivity contribution >= 4 is 11.4 Å². The molecule has 0 heterocycles. The molecule has 6 heteroatoms.